The fraction of sp³-hybridized carbons (Fsp3) is 0.500. The lowest BCUT2D eigenvalue weighted by Gasteiger charge is -2.13. The summed E-state index contributed by atoms with van der Waals surface area (Å²) in [5.41, 5.74) is 4.46. The van der Waals surface area contributed by atoms with E-state index in [0.29, 0.717) is 19.7 Å². The van der Waals surface area contributed by atoms with E-state index in [0.717, 1.165) is 47.1 Å². The van der Waals surface area contributed by atoms with Gasteiger partial charge in [0.25, 0.3) is 0 Å². The molecule has 2 aromatic rings. The number of ether oxygens (including phenoxy) is 1. The Morgan fingerprint density at radius 1 is 1.15 bits per heavy atom. The zero-order valence-corrected chi connectivity index (χ0v) is 19.2. The first kappa shape index (κ1) is 23.3. The van der Waals surface area contributed by atoms with Gasteiger partial charge in [0.1, 0.15) is 11.5 Å². The van der Waals surface area contributed by atoms with Crippen molar-refractivity contribution < 1.29 is 9.26 Å². The van der Waals surface area contributed by atoms with Crippen molar-refractivity contribution in [3.8, 4) is 5.75 Å². The number of benzene rings is 1. The summed E-state index contributed by atoms with van der Waals surface area (Å²) in [5, 5.41) is 10.8. The van der Waals surface area contributed by atoms with Crippen LogP contribution in [0.2, 0.25) is 0 Å². The quantitative estimate of drug-likeness (QED) is 0.336. The van der Waals surface area contributed by atoms with Gasteiger partial charge in [-0.2, -0.15) is 0 Å². The van der Waals surface area contributed by atoms with Crippen LogP contribution in [0, 0.1) is 6.92 Å². The largest absolute Gasteiger partial charge is 0.494 e. The summed E-state index contributed by atoms with van der Waals surface area (Å²) in [6, 6.07) is 6.22. The lowest BCUT2D eigenvalue weighted by Crippen LogP contribution is -2.36. The summed E-state index contributed by atoms with van der Waals surface area (Å²) in [6.45, 7) is 10.2. The van der Waals surface area contributed by atoms with Gasteiger partial charge in [0.05, 0.1) is 12.3 Å². The third-order valence-electron chi connectivity index (χ3n) is 4.26. The number of hydrogen-bond acceptors (Lipinski definition) is 4. The molecule has 0 saturated heterocycles. The molecule has 1 aromatic heterocycles. The number of nitrogens with one attached hydrogen (secondary N) is 2. The van der Waals surface area contributed by atoms with Crippen molar-refractivity contribution in [3.63, 3.8) is 0 Å². The van der Waals surface area contributed by atoms with E-state index < -0.39 is 0 Å². The second kappa shape index (κ2) is 11.8. The van der Waals surface area contributed by atoms with Crippen molar-refractivity contribution in [2.24, 2.45) is 4.99 Å². The first-order valence-corrected chi connectivity index (χ1v) is 9.25. The van der Waals surface area contributed by atoms with E-state index in [9.17, 15) is 0 Å². The molecule has 0 saturated carbocycles. The molecule has 0 atom stereocenters. The first-order chi connectivity index (χ1) is 12.6. The molecule has 0 amide bonds. The van der Waals surface area contributed by atoms with Crippen LogP contribution in [0.25, 0.3) is 0 Å². The van der Waals surface area contributed by atoms with Crippen LogP contribution in [-0.4, -0.2) is 24.8 Å². The average molecular weight is 486 g/mol. The lowest BCUT2D eigenvalue weighted by molar-refractivity contribution is 0.338. The van der Waals surface area contributed by atoms with Gasteiger partial charge >= 0.3 is 0 Å². The minimum atomic E-state index is 0. The zero-order chi connectivity index (χ0) is 18.9. The highest BCUT2D eigenvalue weighted by Gasteiger charge is 2.13. The number of aromatic nitrogens is 1. The Morgan fingerprint density at radius 3 is 2.48 bits per heavy atom. The summed E-state index contributed by atoms with van der Waals surface area (Å²) in [5.74, 6) is 2.62. The third kappa shape index (κ3) is 6.41. The molecule has 6 nitrogen and oxygen atoms in total. The molecule has 0 unspecified atom stereocenters. The van der Waals surface area contributed by atoms with Crippen molar-refractivity contribution in [1.82, 2.24) is 15.8 Å². The first-order valence-electron chi connectivity index (χ1n) is 9.25. The van der Waals surface area contributed by atoms with Crippen LogP contribution in [0.5, 0.6) is 5.75 Å². The fourth-order valence-corrected chi connectivity index (χ4v) is 2.86. The third-order valence-corrected chi connectivity index (χ3v) is 4.26. The van der Waals surface area contributed by atoms with E-state index in [4.69, 9.17) is 9.26 Å². The summed E-state index contributed by atoms with van der Waals surface area (Å²) in [4.78, 5) is 4.30. The summed E-state index contributed by atoms with van der Waals surface area (Å²) < 4.78 is 11.0. The van der Waals surface area contributed by atoms with Crippen LogP contribution in [0.15, 0.2) is 27.7 Å². The number of rotatable bonds is 8. The molecule has 1 heterocycles. The smallest absolute Gasteiger partial charge is 0.191 e. The zero-order valence-electron chi connectivity index (χ0n) is 16.9. The van der Waals surface area contributed by atoms with Gasteiger partial charge in [-0.15, -0.1) is 24.0 Å². The van der Waals surface area contributed by atoms with E-state index in [1.807, 2.05) is 13.0 Å². The van der Waals surface area contributed by atoms with E-state index in [1.165, 1.54) is 5.56 Å². The van der Waals surface area contributed by atoms with Gasteiger partial charge in [0.15, 0.2) is 5.96 Å². The molecular formula is C20H31IN4O2. The van der Waals surface area contributed by atoms with Crippen LogP contribution in [0.3, 0.4) is 0 Å². The molecular weight excluding hydrogens is 455 g/mol. The van der Waals surface area contributed by atoms with Crippen LogP contribution in [-0.2, 0) is 25.9 Å². The Bertz CT molecular complexity index is 722. The monoisotopic (exact) mass is 486 g/mol. The number of aryl methyl sites for hydroxylation is 3. The highest BCUT2D eigenvalue weighted by Crippen LogP contribution is 2.19. The normalized spacial score (nSPS) is 11.1. The van der Waals surface area contributed by atoms with Gasteiger partial charge in [-0.3, -0.25) is 4.99 Å². The van der Waals surface area contributed by atoms with E-state index in [2.05, 4.69) is 53.7 Å². The topological polar surface area (TPSA) is 71.7 Å². The predicted octanol–water partition coefficient (Wildman–Crippen LogP) is 3.99. The van der Waals surface area contributed by atoms with Crippen molar-refractivity contribution in [2.45, 2.75) is 53.6 Å². The van der Waals surface area contributed by atoms with Crippen molar-refractivity contribution in [2.75, 3.05) is 13.7 Å². The van der Waals surface area contributed by atoms with Gasteiger partial charge in [-0.1, -0.05) is 31.1 Å². The highest BCUT2D eigenvalue weighted by atomic mass is 127. The molecule has 7 heteroatoms. The second-order valence-electron chi connectivity index (χ2n) is 6.05. The molecule has 0 aliphatic rings. The number of hydrogen-bond donors (Lipinski definition) is 2. The maximum Gasteiger partial charge on any atom is 0.191 e. The Labute approximate surface area is 179 Å². The molecule has 150 valence electrons. The second-order valence-corrected chi connectivity index (χ2v) is 6.05. The Morgan fingerprint density at radius 2 is 1.89 bits per heavy atom. The van der Waals surface area contributed by atoms with Crippen molar-refractivity contribution in [1.29, 1.82) is 0 Å². The van der Waals surface area contributed by atoms with Crippen LogP contribution >= 0.6 is 24.0 Å². The van der Waals surface area contributed by atoms with Crippen molar-refractivity contribution in [3.05, 3.63) is 46.3 Å². The minimum Gasteiger partial charge on any atom is -0.494 e. The lowest BCUT2D eigenvalue weighted by atomic mass is 10.1. The minimum absolute atomic E-state index is 0. The predicted molar refractivity (Wildman–Crippen MR) is 120 cm³/mol. The molecule has 2 N–H and O–H groups in total. The molecule has 0 aliphatic heterocycles. The number of aliphatic imine (C=N–C) groups is 1. The van der Waals surface area contributed by atoms with Gasteiger partial charge in [0, 0.05) is 32.1 Å². The maximum absolute atomic E-state index is 5.59. The Kier molecular flexibility index (Phi) is 10.2. The molecule has 0 fully saturated rings. The van der Waals surface area contributed by atoms with E-state index in [1.54, 1.807) is 7.05 Å². The number of guanidine groups is 1. The Hall–Kier alpha value is -1.77. The SMILES string of the molecule is CCOc1ccc(CNC(=NC)NCc2c(CC)noc2CC)cc1C.I. The standard InChI is InChI=1S/C20H30N4O2.HI/c1-6-17-16(18(7-2)26-24-17)13-23-20(21-5)22-12-15-9-10-19(25-8-3)14(4)11-15;/h9-11H,6-8,12-13H2,1-5H3,(H2,21,22,23);1H. The highest BCUT2D eigenvalue weighted by molar-refractivity contribution is 14.0. The van der Waals surface area contributed by atoms with Gasteiger partial charge in [0.2, 0.25) is 0 Å². The fourth-order valence-electron chi connectivity index (χ4n) is 2.86. The summed E-state index contributed by atoms with van der Waals surface area (Å²) in [6.07, 6.45) is 1.69. The molecule has 27 heavy (non-hydrogen) atoms. The van der Waals surface area contributed by atoms with Crippen molar-refractivity contribution >= 4 is 29.9 Å². The van der Waals surface area contributed by atoms with E-state index >= 15 is 0 Å². The van der Waals surface area contributed by atoms with E-state index in [-0.39, 0.29) is 24.0 Å². The van der Waals surface area contributed by atoms with Gasteiger partial charge in [-0.25, -0.2) is 0 Å². The van der Waals surface area contributed by atoms with Crippen LogP contribution < -0.4 is 15.4 Å². The maximum atomic E-state index is 5.59. The van der Waals surface area contributed by atoms with Gasteiger partial charge < -0.3 is 19.9 Å². The van der Waals surface area contributed by atoms with Crippen LogP contribution in [0.4, 0.5) is 0 Å². The summed E-state index contributed by atoms with van der Waals surface area (Å²) >= 11 is 0. The number of halogens is 1. The van der Waals surface area contributed by atoms with Crippen LogP contribution in [0.1, 0.15) is 48.9 Å². The molecule has 1 aromatic carbocycles. The Balaban J connectivity index is 0.00000364. The molecule has 0 radical (unpaired) electrons. The average Bonchev–Trinajstić information content (AvgIpc) is 3.06. The molecule has 0 aliphatic carbocycles. The molecule has 2 rings (SSSR count). The number of nitrogens with zero attached hydrogens (tertiary/aromatic N) is 2. The summed E-state index contributed by atoms with van der Waals surface area (Å²) in [7, 11) is 1.77. The molecule has 0 spiro atoms. The molecule has 0 bridgehead atoms. The van der Waals surface area contributed by atoms with Gasteiger partial charge in [-0.05, 0) is 37.5 Å².